The molecule has 1 N–H and O–H groups in total. The van der Waals surface area contributed by atoms with Crippen LogP contribution in [0, 0.1) is 0 Å². The van der Waals surface area contributed by atoms with Gasteiger partial charge in [0.1, 0.15) is 0 Å². The zero-order valence-electron chi connectivity index (χ0n) is 12.0. The number of aliphatic hydroxyl groups excluding tert-OH is 1. The van der Waals surface area contributed by atoms with Gasteiger partial charge in [0, 0.05) is 6.42 Å². The maximum atomic E-state index is 10.2. The number of aliphatic hydroxyl groups is 1. The number of hydrogen-bond donors (Lipinski definition) is 1. The third-order valence-electron chi connectivity index (χ3n) is 3.36. The minimum atomic E-state index is -0.566. The number of ether oxygens (including phenoxy) is 4. The van der Waals surface area contributed by atoms with Crippen LogP contribution in [0.5, 0.6) is 11.5 Å². The quantitative estimate of drug-likeness (QED) is 0.867. The van der Waals surface area contributed by atoms with Gasteiger partial charge in [-0.15, -0.1) is 0 Å². The standard InChI is InChI=1S/C15H22O5/c1-17-13-6-4-11(10-14(13)18-2)12(16)5-7-15-19-8-3-9-20-15/h4,6,10,12,15-16H,3,5,7-9H2,1-2H3. The fourth-order valence-electron chi connectivity index (χ4n) is 2.22. The summed E-state index contributed by atoms with van der Waals surface area (Å²) >= 11 is 0. The molecule has 5 nitrogen and oxygen atoms in total. The Morgan fingerprint density at radius 3 is 2.55 bits per heavy atom. The first-order valence-corrected chi connectivity index (χ1v) is 6.87. The maximum Gasteiger partial charge on any atom is 0.161 e. The first-order chi connectivity index (χ1) is 9.74. The van der Waals surface area contributed by atoms with Crippen LogP contribution in [-0.4, -0.2) is 38.8 Å². The van der Waals surface area contributed by atoms with Crippen molar-refractivity contribution in [2.24, 2.45) is 0 Å². The van der Waals surface area contributed by atoms with Crippen molar-refractivity contribution in [2.75, 3.05) is 27.4 Å². The number of methoxy groups -OCH3 is 2. The molecule has 1 aliphatic heterocycles. The van der Waals surface area contributed by atoms with Crippen LogP contribution in [0.4, 0.5) is 0 Å². The van der Waals surface area contributed by atoms with Crippen LogP contribution in [0.2, 0.25) is 0 Å². The average molecular weight is 282 g/mol. The topological polar surface area (TPSA) is 57.2 Å². The highest BCUT2D eigenvalue weighted by Gasteiger charge is 2.17. The second kappa shape index (κ2) is 7.47. The van der Waals surface area contributed by atoms with Crippen LogP contribution in [0.15, 0.2) is 18.2 Å². The van der Waals surface area contributed by atoms with E-state index in [4.69, 9.17) is 18.9 Å². The van der Waals surface area contributed by atoms with E-state index < -0.39 is 6.10 Å². The zero-order valence-corrected chi connectivity index (χ0v) is 12.0. The van der Waals surface area contributed by atoms with Gasteiger partial charge in [0.05, 0.1) is 33.5 Å². The van der Waals surface area contributed by atoms with Crippen molar-refractivity contribution in [1.29, 1.82) is 0 Å². The van der Waals surface area contributed by atoms with E-state index in [2.05, 4.69) is 0 Å². The summed E-state index contributed by atoms with van der Waals surface area (Å²) in [6.45, 7) is 1.47. The van der Waals surface area contributed by atoms with E-state index in [1.165, 1.54) is 0 Å². The lowest BCUT2D eigenvalue weighted by atomic mass is 10.0. The summed E-state index contributed by atoms with van der Waals surface area (Å²) in [4.78, 5) is 0. The molecule has 20 heavy (non-hydrogen) atoms. The van der Waals surface area contributed by atoms with Gasteiger partial charge in [-0.25, -0.2) is 0 Å². The highest BCUT2D eigenvalue weighted by atomic mass is 16.7. The van der Waals surface area contributed by atoms with E-state index in [1.807, 2.05) is 6.07 Å². The molecule has 1 heterocycles. The second-order valence-corrected chi connectivity index (χ2v) is 4.73. The molecule has 1 fully saturated rings. The molecule has 112 valence electrons. The molecule has 0 amide bonds. The Hall–Kier alpha value is -1.30. The molecule has 0 aromatic heterocycles. The molecular formula is C15H22O5. The summed E-state index contributed by atoms with van der Waals surface area (Å²) in [5.74, 6) is 1.27. The van der Waals surface area contributed by atoms with Crippen LogP contribution in [-0.2, 0) is 9.47 Å². The molecule has 5 heteroatoms. The molecule has 1 unspecified atom stereocenters. The largest absolute Gasteiger partial charge is 0.493 e. The molecule has 1 aromatic carbocycles. The Kier molecular flexibility index (Phi) is 5.64. The first-order valence-electron chi connectivity index (χ1n) is 6.87. The highest BCUT2D eigenvalue weighted by molar-refractivity contribution is 5.43. The predicted molar refractivity (Wildman–Crippen MR) is 74.0 cm³/mol. The van der Waals surface area contributed by atoms with Gasteiger partial charge in [-0.2, -0.15) is 0 Å². The van der Waals surface area contributed by atoms with Gasteiger partial charge in [-0.1, -0.05) is 6.07 Å². The normalized spacial score (nSPS) is 17.8. The van der Waals surface area contributed by atoms with E-state index in [9.17, 15) is 5.11 Å². The molecule has 1 aromatic rings. The summed E-state index contributed by atoms with van der Waals surface area (Å²) in [7, 11) is 3.17. The summed E-state index contributed by atoms with van der Waals surface area (Å²) < 4.78 is 21.4. The minimum Gasteiger partial charge on any atom is -0.493 e. The van der Waals surface area contributed by atoms with Crippen LogP contribution >= 0.6 is 0 Å². The second-order valence-electron chi connectivity index (χ2n) is 4.73. The van der Waals surface area contributed by atoms with Crippen LogP contribution in [0.3, 0.4) is 0 Å². The van der Waals surface area contributed by atoms with E-state index >= 15 is 0 Å². The molecule has 0 spiro atoms. The van der Waals surface area contributed by atoms with Gasteiger partial charge in [0.25, 0.3) is 0 Å². The van der Waals surface area contributed by atoms with Gasteiger partial charge in [-0.3, -0.25) is 0 Å². The van der Waals surface area contributed by atoms with Crippen molar-refractivity contribution >= 4 is 0 Å². The Labute approximate surface area is 119 Å². The molecule has 0 radical (unpaired) electrons. The summed E-state index contributed by atoms with van der Waals surface area (Å²) in [5.41, 5.74) is 0.804. The molecule has 1 saturated heterocycles. The SMILES string of the molecule is COc1ccc(C(O)CCC2OCCCO2)cc1OC. The smallest absolute Gasteiger partial charge is 0.161 e. The highest BCUT2D eigenvalue weighted by Crippen LogP contribution is 2.31. The maximum absolute atomic E-state index is 10.2. The molecule has 1 atom stereocenters. The Morgan fingerprint density at radius 2 is 1.90 bits per heavy atom. The van der Waals surface area contributed by atoms with Gasteiger partial charge >= 0.3 is 0 Å². The van der Waals surface area contributed by atoms with E-state index in [-0.39, 0.29) is 6.29 Å². The van der Waals surface area contributed by atoms with Crippen molar-refractivity contribution < 1.29 is 24.1 Å². The average Bonchev–Trinajstić information content (AvgIpc) is 2.52. The lowest BCUT2D eigenvalue weighted by molar-refractivity contribution is -0.183. The number of hydrogen-bond acceptors (Lipinski definition) is 5. The third kappa shape index (κ3) is 3.85. The van der Waals surface area contributed by atoms with E-state index in [0.29, 0.717) is 24.3 Å². The van der Waals surface area contributed by atoms with Gasteiger partial charge < -0.3 is 24.1 Å². The van der Waals surface area contributed by atoms with Crippen LogP contribution in [0.1, 0.15) is 30.9 Å². The molecular weight excluding hydrogens is 260 g/mol. The van der Waals surface area contributed by atoms with Crippen molar-refractivity contribution in [3.05, 3.63) is 23.8 Å². The van der Waals surface area contributed by atoms with Gasteiger partial charge in [0.2, 0.25) is 0 Å². The minimum absolute atomic E-state index is 0.196. The molecule has 0 bridgehead atoms. The molecule has 1 aliphatic rings. The first kappa shape index (κ1) is 15.1. The Bertz CT molecular complexity index is 415. The monoisotopic (exact) mass is 282 g/mol. The molecule has 2 rings (SSSR count). The zero-order chi connectivity index (χ0) is 14.4. The Balaban J connectivity index is 1.92. The number of benzene rings is 1. The summed E-state index contributed by atoms with van der Waals surface area (Å²) in [6, 6.07) is 5.44. The van der Waals surface area contributed by atoms with Gasteiger partial charge in [-0.05, 0) is 30.5 Å². The number of rotatable bonds is 6. The molecule has 0 aliphatic carbocycles. The van der Waals surface area contributed by atoms with Crippen molar-refractivity contribution in [2.45, 2.75) is 31.7 Å². The summed E-state index contributed by atoms with van der Waals surface area (Å²) in [6.07, 6.45) is 1.44. The van der Waals surface area contributed by atoms with Crippen molar-refractivity contribution in [3.8, 4) is 11.5 Å². The molecule has 0 saturated carbocycles. The predicted octanol–water partition coefficient (Wildman–Crippen LogP) is 2.28. The van der Waals surface area contributed by atoms with Gasteiger partial charge in [0.15, 0.2) is 17.8 Å². The third-order valence-corrected chi connectivity index (χ3v) is 3.36. The van der Waals surface area contributed by atoms with E-state index in [0.717, 1.165) is 25.2 Å². The van der Waals surface area contributed by atoms with Crippen LogP contribution in [0.25, 0.3) is 0 Å². The fourth-order valence-corrected chi connectivity index (χ4v) is 2.22. The van der Waals surface area contributed by atoms with Crippen molar-refractivity contribution in [3.63, 3.8) is 0 Å². The summed E-state index contributed by atoms with van der Waals surface area (Å²) in [5, 5.41) is 10.2. The van der Waals surface area contributed by atoms with Crippen molar-refractivity contribution in [1.82, 2.24) is 0 Å². The fraction of sp³-hybridized carbons (Fsp3) is 0.600. The van der Waals surface area contributed by atoms with Crippen LogP contribution < -0.4 is 9.47 Å². The Morgan fingerprint density at radius 1 is 1.20 bits per heavy atom. The lowest BCUT2D eigenvalue weighted by Crippen LogP contribution is -2.25. The lowest BCUT2D eigenvalue weighted by Gasteiger charge is -2.24. The van der Waals surface area contributed by atoms with E-state index in [1.54, 1.807) is 26.4 Å².